The highest BCUT2D eigenvalue weighted by atomic mass is 79.9. The Morgan fingerprint density at radius 1 is 0.556 bits per heavy atom. The number of amides is 2. The molecule has 1 aliphatic heterocycles. The summed E-state index contributed by atoms with van der Waals surface area (Å²) in [4.78, 5) is 27.8. The molecule has 0 saturated heterocycles. The average molecular weight is 483 g/mol. The lowest BCUT2D eigenvalue weighted by Gasteiger charge is -2.15. The van der Waals surface area contributed by atoms with Crippen LogP contribution in [0.2, 0.25) is 0 Å². The second kappa shape index (κ2) is 7.25. The van der Waals surface area contributed by atoms with Gasteiger partial charge in [0.05, 0.1) is 16.8 Å². The van der Waals surface area contributed by atoms with Crippen LogP contribution in [0.3, 0.4) is 0 Å². The molecule has 0 atom stereocenters. The Balaban J connectivity index is 1.92. The van der Waals surface area contributed by atoms with Crippen molar-refractivity contribution in [2.75, 3.05) is 4.90 Å². The molecule has 3 nitrogen and oxygen atoms in total. The number of anilines is 1. The maximum absolute atomic E-state index is 13.3. The quantitative estimate of drug-likeness (QED) is 0.449. The maximum atomic E-state index is 13.3. The highest BCUT2D eigenvalue weighted by molar-refractivity contribution is 9.10. The van der Waals surface area contributed by atoms with Gasteiger partial charge in [-0.1, -0.05) is 74.3 Å². The lowest BCUT2D eigenvalue weighted by atomic mass is 9.96. The standard InChI is InChI=1S/C22H13Br2NO2/c23-16-10-6-14(7-11-16)19-20(15-8-12-17(24)13-9-15)22(27)25(21(19)26)18-4-2-1-3-5-18/h1-13H. The van der Waals surface area contributed by atoms with Crippen molar-refractivity contribution in [3.63, 3.8) is 0 Å². The Hall–Kier alpha value is -2.50. The number of carbonyl (C=O) groups excluding carboxylic acids is 2. The van der Waals surface area contributed by atoms with Crippen LogP contribution in [0.4, 0.5) is 5.69 Å². The van der Waals surface area contributed by atoms with Crippen molar-refractivity contribution in [3.8, 4) is 0 Å². The molecule has 1 heterocycles. The third-order valence-electron chi connectivity index (χ3n) is 4.36. The van der Waals surface area contributed by atoms with Crippen molar-refractivity contribution in [2.24, 2.45) is 0 Å². The molecular weight excluding hydrogens is 470 g/mol. The molecular formula is C22H13Br2NO2. The topological polar surface area (TPSA) is 37.4 Å². The Morgan fingerprint density at radius 2 is 0.963 bits per heavy atom. The van der Waals surface area contributed by atoms with Crippen LogP contribution in [-0.2, 0) is 9.59 Å². The van der Waals surface area contributed by atoms with Gasteiger partial charge in [0.15, 0.2) is 0 Å². The van der Waals surface area contributed by atoms with E-state index in [2.05, 4.69) is 31.9 Å². The van der Waals surface area contributed by atoms with Gasteiger partial charge in [-0.2, -0.15) is 0 Å². The summed E-state index contributed by atoms with van der Waals surface area (Å²) in [5, 5.41) is 0. The normalized spacial score (nSPS) is 14.2. The van der Waals surface area contributed by atoms with Crippen molar-refractivity contribution in [1.29, 1.82) is 0 Å². The summed E-state index contributed by atoms with van der Waals surface area (Å²) in [7, 11) is 0. The van der Waals surface area contributed by atoms with Crippen LogP contribution in [0.5, 0.6) is 0 Å². The summed E-state index contributed by atoms with van der Waals surface area (Å²) in [6.45, 7) is 0. The molecule has 0 N–H and O–H groups in total. The average Bonchev–Trinajstić information content (AvgIpc) is 2.94. The number of hydrogen-bond acceptors (Lipinski definition) is 2. The molecule has 5 heteroatoms. The van der Waals surface area contributed by atoms with E-state index in [1.165, 1.54) is 4.90 Å². The van der Waals surface area contributed by atoms with E-state index >= 15 is 0 Å². The van der Waals surface area contributed by atoms with Gasteiger partial charge in [0.1, 0.15) is 0 Å². The highest BCUT2D eigenvalue weighted by Gasteiger charge is 2.40. The third-order valence-corrected chi connectivity index (χ3v) is 5.42. The molecule has 3 aromatic carbocycles. The van der Waals surface area contributed by atoms with E-state index in [1.807, 2.05) is 66.7 Å². The fraction of sp³-hybridized carbons (Fsp3) is 0. The summed E-state index contributed by atoms with van der Waals surface area (Å²) in [5.41, 5.74) is 2.83. The second-order valence-electron chi connectivity index (χ2n) is 6.05. The van der Waals surface area contributed by atoms with Crippen LogP contribution in [-0.4, -0.2) is 11.8 Å². The first kappa shape index (κ1) is 17.9. The van der Waals surface area contributed by atoms with Crippen molar-refractivity contribution in [2.45, 2.75) is 0 Å². The first-order valence-corrected chi connectivity index (χ1v) is 9.85. The van der Waals surface area contributed by atoms with Gasteiger partial charge in [0.2, 0.25) is 0 Å². The molecule has 0 saturated carbocycles. The van der Waals surface area contributed by atoms with Gasteiger partial charge < -0.3 is 0 Å². The Bertz CT molecular complexity index is 988. The third kappa shape index (κ3) is 3.29. The number of halogens is 2. The molecule has 27 heavy (non-hydrogen) atoms. The van der Waals surface area contributed by atoms with E-state index in [0.29, 0.717) is 28.0 Å². The van der Waals surface area contributed by atoms with Gasteiger partial charge >= 0.3 is 0 Å². The molecule has 0 aromatic heterocycles. The molecule has 0 aliphatic carbocycles. The zero-order chi connectivity index (χ0) is 19.0. The van der Waals surface area contributed by atoms with Crippen LogP contribution >= 0.6 is 31.9 Å². The molecule has 0 fully saturated rings. The number of carbonyl (C=O) groups is 2. The number of nitrogens with zero attached hydrogens (tertiary/aromatic N) is 1. The van der Waals surface area contributed by atoms with E-state index in [4.69, 9.17) is 0 Å². The van der Waals surface area contributed by atoms with Crippen LogP contribution in [0.25, 0.3) is 11.1 Å². The van der Waals surface area contributed by atoms with Crippen LogP contribution < -0.4 is 4.90 Å². The van der Waals surface area contributed by atoms with Gasteiger partial charge in [-0.3, -0.25) is 9.59 Å². The number of benzene rings is 3. The zero-order valence-corrected chi connectivity index (χ0v) is 17.2. The molecule has 2 amide bonds. The minimum atomic E-state index is -0.313. The van der Waals surface area contributed by atoms with Gasteiger partial charge in [-0.05, 0) is 47.5 Å². The number of rotatable bonds is 3. The van der Waals surface area contributed by atoms with E-state index < -0.39 is 0 Å². The fourth-order valence-electron chi connectivity index (χ4n) is 3.11. The highest BCUT2D eigenvalue weighted by Crippen LogP contribution is 2.38. The largest absolute Gasteiger partial charge is 0.268 e. The lowest BCUT2D eigenvalue weighted by molar-refractivity contribution is -0.119. The minimum Gasteiger partial charge on any atom is -0.268 e. The molecule has 0 radical (unpaired) electrons. The van der Waals surface area contributed by atoms with Crippen LogP contribution in [0.1, 0.15) is 11.1 Å². The summed E-state index contributed by atoms with van der Waals surface area (Å²) >= 11 is 6.83. The van der Waals surface area contributed by atoms with Crippen LogP contribution in [0.15, 0.2) is 87.8 Å². The number of hydrogen-bond donors (Lipinski definition) is 0. The first-order chi connectivity index (χ1) is 13.1. The lowest BCUT2D eigenvalue weighted by Crippen LogP contribution is -2.31. The van der Waals surface area contributed by atoms with Gasteiger partial charge in [0.25, 0.3) is 11.8 Å². The van der Waals surface area contributed by atoms with E-state index in [1.54, 1.807) is 12.1 Å². The molecule has 0 spiro atoms. The first-order valence-electron chi connectivity index (χ1n) is 8.26. The summed E-state index contributed by atoms with van der Waals surface area (Å²) in [6, 6.07) is 23.8. The monoisotopic (exact) mass is 481 g/mol. The number of imide groups is 1. The molecule has 1 aliphatic rings. The van der Waals surface area contributed by atoms with Crippen molar-refractivity contribution < 1.29 is 9.59 Å². The van der Waals surface area contributed by atoms with Crippen molar-refractivity contribution in [1.82, 2.24) is 0 Å². The van der Waals surface area contributed by atoms with E-state index in [9.17, 15) is 9.59 Å². The number of para-hydroxylation sites is 1. The Labute approximate surface area is 173 Å². The molecule has 0 bridgehead atoms. The fourth-order valence-corrected chi connectivity index (χ4v) is 3.64. The summed E-state index contributed by atoms with van der Waals surface area (Å²) in [5.74, 6) is -0.627. The maximum Gasteiger partial charge on any atom is 0.266 e. The second-order valence-corrected chi connectivity index (χ2v) is 7.88. The molecule has 3 aromatic rings. The predicted molar refractivity (Wildman–Crippen MR) is 114 cm³/mol. The van der Waals surface area contributed by atoms with E-state index in [-0.39, 0.29) is 11.8 Å². The minimum absolute atomic E-state index is 0.313. The van der Waals surface area contributed by atoms with Gasteiger partial charge in [-0.15, -0.1) is 0 Å². The summed E-state index contributed by atoms with van der Waals surface area (Å²) in [6.07, 6.45) is 0. The zero-order valence-electron chi connectivity index (χ0n) is 14.0. The van der Waals surface area contributed by atoms with Gasteiger partial charge in [-0.25, -0.2) is 4.90 Å². The van der Waals surface area contributed by atoms with E-state index in [0.717, 1.165) is 8.95 Å². The molecule has 132 valence electrons. The van der Waals surface area contributed by atoms with Gasteiger partial charge in [0, 0.05) is 8.95 Å². The molecule has 4 rings (SSSR count). The SMILES string of the molecule is O=C1C(c2ccc(Br)cc2)=C(c2ccc(Br)cc2)C(=O)N1c1ccccc1. The summed E-state index contributed by atoms with van der Waals surface area (Å²) < 4.78 is 1.82. The smallest absolute Gasteiger partial charge is 0.266 e. The molecule has 0 unspecified atom stereocenters. The Kier molecular flexibility index (Phi) is 4.81. The van der Waals surface area contributed by atoms with Crippen LogP contribution in [0, 0.1) is 0 Å². The van der Waals surface area contributed by atoms with Crippen molar-refractivity contribution >= 4 is 60.5 Å². The Morgan fingerprint density at radius 3 is 1.37 bits per heavy atom. The predicted octanol–water partition coefficient (Wildman–Crippen LogP) is 5.70. The van der Waals surface area contributed by atoms with Crippen molar-refractivity contribution in [3.05, 3.63) is 98.9 Å².